The van der Waals surface area contributed by atoms with Crippen molar-refractivity contribution in [3.05, 3.63) is 79.6 Å². The van der Waals surface area contributed by atoms with Gasteiger partial charge in [-0.25, -0.2) is 37.3 Å². The molecule has 404 valence electrons. The third kappa shape index (κ3) is 12.4. The molecule has 27 heteroatoms. The number of ether oxygens (including phenoxy) is 2. The molecule has 1 aromatic carbocycles. The molecule has 0 fully saturated rings. The van der Waals surface area contributed by atoms with Crippen molar-refractivity contribution in [2.24, 2.45) is 5.73 Å². The molecule has 4 aromatic rings. The average Bonchev–Trinajstić information content (AvgIpc) is 3.77. The summed E-state index contributed by atoms with van der Waals surface area (Å²) in [6, 6.07) is -1.33. The minimum absolute atomic E-state index is 0.0237. The van der Waals surface area contributed by atoms with Crippen molar-refractivity contribution < 1.29 is 66.1 Å². The lowest BCUT2D eigenvalue weighted by Gasteiger charge is -2.31. The lowest BCUT2D eigenvalue weighted by atomic mass is 9.81. The minimum atomic E-state index is -3.57. The number of aryl methyl sites for hydroxylation is 1. The Labute approximate surface area is 433 Å². The van der Waals surface area contributed by atoms with Gasteiger partial charge in [-0.15, -0.1) is 0 Å². The number of carbonyl (C=O) groups excluding carboxylic acids is 7. The fraction of sp³-hybridized carbons (Fsp3) is 0.449. The number of benzene rings is 1. The van der Waals surface area contributed by atoms with Gasteiger partial charge in [-0.1, -0.05) is 18.8 Å². The summed E-state index contributed by atoms with van der Waals surface area (Å²) in [5.74, 6) is 0.492. The standard InChI is InChI=1S/C49H56FN11O14S/c1-4-49(71)30-15-36-42-28(20-61(36)45(68)29(30)22-75-46(49)69)41-32(13-12-27-25(2)31(50)16-34(60-42)40(27)41)57-39(65)23-74-24-56-43(66)33(10-8-14-52-47(51)70)58-38(64)19-53-44(67)35(21-62)59-37(63)11-7-5-6-9-26-17-54-48(55-18-26)76(3,72)73/h15-18,32-33,35,62,71H,4-5,7-8,10-14,19-24H2,1-3H3,(H,53,67)(H,56,66)(H,57,65)(H,58,64)(H,59,63)(H3,51,52,70)/t32-,33-,35-,49-/m0/s1. The molecule has 0 unspecified atom stereocenters. The zero-order chi connectivity index (χ0) is 55.1. The maximum absolute atomic E-state index is 15.4. The number of pyridine rings is 2. The number of hydrogen-bond donors (Lipinski definition) is 9. The maximum Gasteiger partial charge on any atom is 0.343 e. The number of primary amides is 1. The molecule has 4 atom stereocenters. The highest BCUT2D eigenvalue weighted by molar-refractivity contribution is 7.90. The van der Waals surface area contributed by atoms with Crippen LogP contribution in [0.1, 0.15) is 96.9 Å². The first-order valence-corrected chi connectivity index (χ1v) is 26.0. The third-order valence-corrected chi connectivity index (χ3v) is 13.9. The van der Waals surface area contributed by atoms with Gasteiger partial charge in [0, 0.05) is 60.6 Å². The second-order valence-corrected chi connectivity index (χ2v) is 20.2. The van der Waals surface area contributed by atoms with Crippen LogP contribution in [0.15, 0.2) is 34.5 Å². The second-order valence-electron chi connectivity index (χ2n) is 18.3. The number of urea groups is 1. The first-order chi connectivity index (χ1) is 36.1. The van der Waals surface area contributed by atoms with Gasteiger partial charge in [0.1, 0.15) is 37.8 Å². The Morgan fingerprint density at radius 3 is 2.42 bits per heavy atom. The van der Waals surface area contributed by atoms with Gasteiger partial charge >= 0.3 is 12.0 Å². The van der Waals surface area contributed by atoms with E-state index in [2.05, 4.69) is 53.7 Å². The van der Waals surface area contributed by atoms with Gasteiger partial charge in [-0.2, -0.15) is 0 Å². The van der Waals surface area contributed by atoms with Crippen LogP contribution in [-0.4, -0.2) is 131 Å². The zero-order valence-corrected chi connectivity index (χ0v) is 42.4. The predicted octanol–water partition coefficient (Wildman–Crippen LogP) is -1.34. The second kappa shape index (κ2) is 23.7. The molecule has 0 bridgehead atoms. The molecule has 10 N–H and O–H groups in total. The fourth-order valence-corrected chi connectivity index (χ4v) is 9.67. The Bertz CT molecular complexity index is 3250. The molecule has 1 aliphatic carbocycles. The molecule has 3 aliphatic rings. The molecule has 0 saturated heterocycles. The zero-order valence-electron chi connectivity index (χ0n) is 41.6. The Morgan fingerprint density at radius 2 is 1.72 bits per heavy atom. The van der Waals surface area contributed by atoms with Crippen LogP contribution in [0.2, 0.25) is 0 Å². The van der Waals surface area contributed by atoms with E-state index in [9.17, 15) is 57.0 Å². The number of halogens is 1. The number of aromatic nitrogens is 4. The van der Waals surface area contributed by atoms with Gasteiger partial charge < -0.3 is 61.9 Å². The summed E-state index contributed by atoms with van der Waals surface area (Å²) in [5, 5.41) is 36.4. The van der Waals surface area contributed by atoms with E-state index in [0.29, 0.717) is 57.4 Å². The van der Waals surface area contributed by atoms with Gasteiger partial charge in [0.15, 0.2) is 5.60 Å². The average molecular weight is 1070 g/mol. The number of fused-ring (bicyclic) bond motifs is 5. The number of aliphatic hydroxyl groups excluding tert-OH is 1. The van der Waals surface area contributed by atoms with Gasteiger partial charge in [0.05, 0.1) is 53.8 Å². The Hall–Kier alpha value is -7.93. The van der Waals surface area contributed by atoms with Crippen LogP contribution in [0, 0.1) is 24.6 Å². The van der Waals surface area contributed by atoms with Crippen LogP contribution >= 0.6 is 0 Å². The first kappa shape index (κ1) is 55.8. The monoisotopic (exact) mass is 1070 g/mol. The summed E-state index contributed by atoms with van der Waals surface area (Å²) in [4.78, 5) is 116. The van der Waals surface area contributed by atoms with Gasteiger partial charge in [0.25, 0.3) is 5.56 Å². The highest BCUT2D eigenvalue weighted by atomic mass is 32.2. The Morgan fingerprint density at radius 1 is 1.00 bits per heavy atom. The molecule has 76 heavy (non-hydrogen) atoms. The van der Waals surface area contributed by atoms with Gasteiger partial charge in [0.2, 0.25) is 44.5 Å². The number of nitrogens with two attached hydrogens (primary N) is 1. The number of aliphatic hydroxyl groups is 2. The van der Waals surface area contributed by atoms with Gasteiger partial charge in [-0.05, 0) is 68.2 Å². The van der Waals surface area contributed by atoms with E-state index < -0.39 is 113 Å². The SMILES string of the molecule is CC[C@@]1(O)C(=O)OCc2c1cc1n(c2=O)Cc2c-1nc1cc(F)c(C)c3c1c2[C@@H](NC(=O)COCNC(=O)[C@H](CCCNC(N)=O)NC(=O)CNC(=O)[C@H](CO)NC(=O)CCCC#Cc1cnc(S(C)(=O)=O)nc1)CC3. The molecular formula is C49H56FN11O14S. The lowest BCUT2D eigenvalue weighted by molar-refractivity contribution is -0.172. The maximum atomic E-state index is 15.4. The van der Waals surface area contributed by atoms with E-state index in [1.165, 1.54) is 23.0 Å². The van der Waals surface area contributed by atoms with Crippen molar-refractivity contribution in [1.29, 1.82) is 0 Å². The lowest BCUT2D eigenvalue weighted by Crippen LogP contribution is -2.53. The van der Waals surface area contributed by atoms with Gasteiger partial charge in [-0.3, -0.25) is 28.8 Å². The van der Waals surface area contributed by atoms with Crippen molar-refractivity contribution in [3.63, 3.8) is 0 Å². The summed E-state index contributed by atoms with van der Waals surface area (Å²) in [6.07, 6.45) is 4.66. The van der Waals surface area contributed by atoms with E-state index in [-0.39, 0.29) is 80.0 Å². The molecule has 0 radical (unpaired) electrons. The van der Waals surface area contributed by atoms with Crippen LogP contribution < -0.4 is 43.2 Å². The van der Waals surface area contributed by atoms with Crippen molar-refractivity contribution in [3.8, 4) is 23.2 Å². The summed E-state index contributed by atoms with van der Waals surface area (Å²) >= 11 is 0. The van der Waals surface area contributed by atoms with E-state index in [4.69, 9.17) is 20.2 Å². The fourth-order valence-electron chi connectivity index (χ4n) is 9.18. The summed E-state index contributed by atoms with van der Waals surface area (Å²) in [7, 11) is -3.57. The summed E-state index contributed by atoms with van der Waals surface area (Å²) in [6.45, 7) is 0.424. The molecule has 7 rings (SSSR count). The van der Waals surface area contributed by atoms with Crippen LogP contribution in [0.25, 0.3) is 22.3 Å². The molecule has 0 saturated carbocycles. The number of unbranched alkanes of at least 4 members (excludes halogenated alkanes) is 1. The summed E-state index contributed by atoms with van der Waals surface area (Å²) < 4.78 is 50.6. The number of hydrogen-bond acceptors (Lipinski definition) is 17. The van der Waals surface area contributed by atoms with E-state index in [1.807, 2.05) is 0 Å². The Balaban J connectivity index is 0.926. The number of esters is 1. The number of nitrogens with zero attached hydrogens (tertiary/aromatic N) is 4. The molecule has 2 aliphatic heterocycles. The van der Waals surface area contributed by atoms with Crippen molar-refractivity contribution in [2.75, 3.05) is 39.3 Å². The van der Waals surface area contributed by atoms with E-state index in [1.54, 1.807) is 19.9 Å². The largest absolute Gasteiger partial charge is 0.458 e. The normalized spacial score (nSPS) is 16.8. The predicted molar refractivity (Wildman–Crippen MR) is 264 cm³/mol. The van der Waals surface area contributed by atoms with Crippen LogP contribution in [-0.2, 0) is 73.3 Å². The molecule has 0 spiro atoms. The number of amides is 7. The molecule has 25 nitrogen and oxygen atoms in total. The highest BCUT2D eigenvalue weighted by Gasteiger charge is 2.46. The number of carbonyl (C=O) groups is 7. The summed E-state index contributed by atoms with van der Waals surface area (Å²) in [5.41, 5.74) is 6.40. The van der Waals surface area contributed by atoms with E-state index >= 15 is 4.39 Å². The topological polar surface area (TPSA) is 371 Å². The van der Waals surface area contributed by atoms with Crippen LogP contribution in [0.5, 0.6) is 0 Å². The van der Waals surface area contributed by atoms with Crippen molar-refractivity contribution in [2.45, 2.75) is 107 Å². The number of rotatable bonds is 21. The third-order valence-electron chi connectivity index (χ3n) is 13.1. The first-order valence-electron chi connectivity index (χ1n) is 24.1. The van der Waals surface area contributed by atoms with Crippen LogP contribution in [0.4, 0.5) is 9.18 Å². The van der Waals surface area contributed by atoms with Crippen LogP contribution in [0.3, 0.4) is 0 Å². The van der Waals surface area contributed by atoms with Crippen molar-refractivity contribution in [1.82, 2.24) is 51.4 Å². The molecular weight excluding hydrogens is 1020 g/mol. The molecule has 5 heterocycles. The molecule has 7 amide bonds. The molecule has 3 aromatic heterocycles. The number of cyclic esters (lactones) is 1. The smallest absolute Gasteiger partial charge is 0.343 e. The number of nitrogens with one attached hydrogen (secondary N) is 6. The Kier molecular flexibility index (Phi) is 17.4. The quantitative estimate of drug-likeness (QED) is 0.0135. The minimum Gasteiger partial charge on any atom is -0.458 e. The number of sulfone groups is 1. The highest BCUT2D eigenvalue weighted by Crippen LogP contribution is 2.46. The van der Waals surface area contributed by atoms with E-state index in [0.717, 1.165) is 6.26 Å². The van der Waals surface area contributed by atoms with Crippen molar-refractivity contribution >= 4 is 62.3 Å².